The van der Waals surface area contributed by atoms with Crippen LogP contribution in [0, 0.1) is 11.3 Å². The van der Waals surface area contributed by atoms with Gasteiger partial charge < -0.3 is 20.1 Å². The van der Waals surface area contributed by atoms with Crippen LogP contribution in [-0.4, -0.2) is 74.5 Å². The van der Waals surface area contributed by atoms with Gasteiger partial charge in [-0.15, -0.1) is 0 Å². The fourth-order valence-corrected chi connectivity index (χ4v) is 4.82. The minimum Gasteiger partial charge on any atom is -0.379 e. The van der Waals surface area contributed by atoms with Crippen molar-refractivity contribution >= 4 is 5.96 Å². The van der Waals surface area contributed by atoms with E-state index >= 15 is 0 Å². The SMILES string of the molecule is CCNC(=NCC(C)(C)N1CCOCC1)NC1C2CCCOC2C1(C)C. The number of nitrogens with one attached hydrogen (secondary N) is 2. The van der Waals surface area contributed by atoms with Gasteiger partial charge in [-0.05, 0) is 33.6 Å². The molecule has 0 aromatic rings. The fraction of sp³-hybridized carbons (Fsp3) is 0.950. The van der Waals surface area contributed by atoms with Gasteiger partial charge in [0.2, 0.25) is 0 Å². The Bertz CT molecular complexity index is 500. The lowest BCUT2D eigenvalue weighted by atomic mass is 9.55. The van der Waals surface area contributed by atoms with E-state index in [4.69, 9.17) is 14.5 Å². The third-order valence-corrected chi connectivity index (χ3v) is 6.46. The number of hydrogen-bond acceptors (Lipinski definition) is 4. The fourth-order valence-electron chi connectivity index (χ4n) is 4.82. The van der Waals surface area contributed by atoms with Crippen molar-refractivity contribution in [2.45, 2.75) is 65.1 Å². The number of morpholine rings is 1. The Hall–Kier alpha value is -0.850. The van der Waals surface area contributed by atoms with Crippen LogP contribution in [0.3, 0.4) is 0 Å². The molecule has 0 radical (unpaired) electrons. The van der Waals surface area contributed by atoms with Crippen molar-refractivity contribution in [1.29, 1.82) is 0 Å². The molecular weight excluding hydrogens is 328 g/mol. The van der Waals surface area contributed by atoms with Gasteiger partial charge in [-0.2, -0.15) is 0 Å². The van der Waals surface area contributed by atoms with Crippen LogP contribution in [0.5, 0.6) is 0 Å². The number of guanidine groups is 1. The lowest BCUT2D eigenvalue weighted by Gasteiger charge is -2.60. The highest BCUT2D eigenvalue weighted by Crippen LogP contribution is 2.51. The normalized spacial score (nSPS) is 32.5. The van der Waals surface area contributed by atoms with E-state index in [1.165, 1.54) is 12.8 Å². The Labute approximate surface area is 159 Å². The summed E-state index contributed by atoms with van der Waals surface area (Å²) in [5.41, 5.74) is 0.193. The highest BCUT2D eigenvalue weighted by atomic mass is 16.5. The first-order valence-electron chi connectivity index (χ1n) is 10.4. The summed E-state index contributed by atoms with van der Waals surface area (Å²) < 4.78 is 11.5. The average Bonchev–Trinajstić information content (AvgIpc) is 2.64. The quantitative estimate of drug-likeness (QED) is 0.574. The molecule has 3 fully saturated rings. The van der Waals surface area contributed by atoms with Crippen LogP contribution in [0.4, 0.5) is 0 Å². The zero-order chi connectivity index (χ0) is 18.8. The molecule has 6 heteroatoms. The van der Waals surface area contributed by atoms with Crippen molar-refractivity contribution in [2.75, 3.05) is 46.0 Å². The average molecular weight is 367 g/mol. The summed E-state index contributed by atoms with van der Waals surface area (Å²) >= 11 is 0. The number of nitrogens with zero attached hydrogens (tertiary/aromatic N) is 2. The lowest BCUT2D eigenvalue weighted by molar-refractivity contribution is -0.188. The van der Waals surface area contributed by atoms with E-state index in [0.717, 1.165) is 52.0 Å². The summed E-state index contributed by atoms with van der Waals surface area (Å²) in [6.07, 6.45) is 2.82. The molecule has 1 aliphatic carbocycles. The number of aliphatic imine (C=N–C) groups is 1. The molecule has 2 saturated heterocycles. The van der Waals surface area contributed by atoms with E-state index in [0.29, 0.717) is 18.1 Å². The first-order chi connectivity index (χ1) is 12.4. The summed E-state index contributed by atoms with van der Waals surface area (Å²) in [5.74, 6) is 1.55. The van der Waals surface area contributed by atoms with Gasteiger partial charge in [-0.25, -0.2) is 0 Å². The van der Waals surface area contributed by atoms with Crippen LogP contribution < -0.4 is 10.6 Å². The van der Waals surface area contributed by atoms with Gasteiger partial charge >= 0.3 is 0 Å². The molecule has 3 atom stereocenters. The van der Waals surface area contributed by atoms with Crippen LogP contribution in [0.1, 0.15) is 47.5 Å². The number of hydrogen-bond donors (Lipinski definition) is 2. The smallest absolute Gasteiger partial charge is 0.191 e. The third-order valence-electron chi connectivity index (χ3n) is 6.46. The van der Waals surface area contributed by atoms with Crippen molar-refractivity contribution in [2.24, 2.45) is 16.3 Å². The van der Waals surface area contributed by atoms with E-state index in [9.17, 15) is 0 Å². The molecule has 1 saturated carbocycles. The van der Waals surface area contributed by atoms with Gasteiger partial charge in [0.25, 0.3) is 0 Å². The van der Waals surface area contributed by atoms with Crippen molar-refractivity contribution < 1.29 is 9.47 Å². The predicted molar refractivity (Wildman–Crippen MR) is 106 cm³/mol. The topological polar surface area (TPSA) is 58.1 Å². The van der Waals surface area contributed by atoms with Crippen molar-refractivity contribution in [3.8, 4) is 0 Å². The first-order valence-corrected chi connectivity index (χ1v) is 10.4. The molecule has 3 rings (SSSR count). The standard InChI is InChI=1S/C20H38N4O2/c1-6-21-18(22-14-19(2,3)24-9-12-25-13-10-24)23-16-15-8-7-11-26-17(15)20(16,4)5/h15-17H,6-14H2,1-5H3,(H2,21,22,23). The molecule has 3 unspecified atom stereocenters. The summed E-state index contributed by atoms with van der Waals surface area (Å²) in [6.45, 7) is 17.5. The number of fused-ring (bicyclic) bond motifs is 1. The largest absolute Gasteiger partial charge is 0.379 e. The molecule has 2 aliphatic heterocycles. The second-order valence-electron chi connectivity index (χ2n) is 9.15. The molecule has 0 spiro atoms. The van der Waals surface area contributed by atoms with E-state index in [1.54, 1.807) is 0 Å². The van der Waals surface area contributed by atoms with Crippen LogP contribution in [-0.2, 0) is 9.47 Å². The Balaban J connectivity index is 1.63. The zero-order valence-electron chi connectivity index (χ0n) is 17.3. The molecule has 0 bridgehead atoms. The van der Waals surface area contributed by atoms with Gasteiger partial charge in [-0.3, -0.25) is 9.89 Å². The molecule has 2 N–H and O–H groups in total. The minimum absolute atomic E-state index is 0.0394. The predicted octanol–water partition coefficient (Wildman–Crippen LogP) is 1.86. The third kappa shape index (κ3) is 4.02. The molecule has 2 heterocycles. The maximum atomic E-state index is 6.04. The molecule has 0 amide bonds. The lowest BCUT2D eigenvalue weighted by Crippen LogP contribution is -2.71. The molecule has 0 aromatic heterocycles. The van der Waals surface area contributed by atoms with Gasteiger partial charge in [0.05, 0.1) is 25.9 Å². The van der Waals surface area contributed by atoms with Crippen LogP contribution in [0.25, 0.3) is 0 Å². The van der Waals surface area contributed by atoms with E-state index in [1.807, 2.05) is 0 Å². The summed E-state index contributed by atoms with van der Waals surface area (Å²) in [4.78, 5) is 7.44. The molecular formula is C20H38N4O2. The molecule has 26 heavy (non-hydrogen) atoms. The van der Waals surface area contributed by atoms with E-state index in [2.05, 4.69) is 50.2 Å². The molecule has 0 aromatic carbocycles. The molecule has 150 valence electrons. The minimum atomic E-state index is 0.0394. The highest BCUT2D eigenvalue weighted by molar-refractivity contribution is 5.80. The Morgan fingerprint density at radius 1 is 1.23 bits per heavy atom. The monoisotopic (exact) mass is 366 g/mol. The Morgan fingerprint density at radius 2 is 1.96 bits per heavy atom. The summed E-state index contributed by atoms with van der Waals surface area (Å²) in [6, 6.07) is 0.428. The maximum Gasteiger partial charge on any atom is 0.191 e. The van der Waals surface area contributed by atoms with Gasteiger partial charge in [-0.1, -0.05) is 13.8 Å². The van der Waals surface area contributed by atoms with Crippen LogP contribution >= 0.6 is 0 Å². The van der Waals surface area contributed by atoms with E-state index < -0.39 is 0 Å². The van der Waals surface area contributed by atoms with E-state index in [-0.39, 0.29) is 11.0 Å². The first kappa shape index (κ1) is 19.9. The van der Waals surface area contributed by atoms with Gasteiger partial charge in [0.15, 0.2) is 5.96 Å². The highest BCUT2D eigenvalue weighted by Gasteiger charge is 2.58. The summed E-state index contributed by atoms with van der Waals surface area (Å²) in [5, 5.41) is 7.18. The maximum absolute atomic E-state index is 6.04. The molecule has 6 nitrogen and oxygen atoms in total. The molecule has 3 aliphatic rings. The van der Waals surface area contributed by atoms with Crippen LogP contribution in [0.2, 0.25) is 0 Å². The van der Waals surface area contributed by atoms with Gasteiger partial charge in [0.1, 0.15) is 0 Å². The van der Waals surface area contributed by atoms with Crippen molar-refractivity contribution in [3.63, 3.8) is 0 Å². The van der Waals surface area contributed by atoms with Crippen molar-refractivity contribution in [3.05, 3.63) is 0 Å². The zero-order valence-corrected chi connectivity index (χ0v) is 17.3. The van der Waals surface area contributed by atoms with Crippen molar-refractivity contribution in [1.82, 2.24) is 15.5 Å². The second kappa shape index (κ2) is 8.03. The second-order valence-corrected chi connectivity index (χ2v) is 9.15. The summed E-state index contributed by atoms with van der Waals surface area (Å²) in [7, 11) is 0. The van der Waals surface area contributed by atoms with Gasteiger partial charge in [0, 0.05) is 49.2 Å². The Morgan fingerprint density at radius 3 is 2.65 bits per heavy atom. The number of ether oxygens (including phenoxy) is 2. The Kier molecular flexibility index (Phi) is 6.14. The van der Waals surface area contributed by atoms with Crippen LogP contribution in [0.15, 0.2) is 4.99 Å². The number of rotatable bonds is 5.